The predicted octanol–water partition coefficient (Wildman–Crippen LogP) is 5.61. The van der Waals surface area contributed by atoms with Crippen LogP contribution in [0.1, 0.15) is 63.5 Å². The SMILES string of the molecule is CCCCCc1cnc(-c2cccc(CCCCC)c2)nc1. The molecule has 118 valence electrons. The smallest absolute Gasteiger partial charge is 0.159 e. The van der Waals surface area contributed by atoms with Crippen molar-refractivity contribution < 1.29 is 0 Å². The molecule has 0 fully saturated rings. The second-order valence-electron chi connectivity index (χ2n) is 6.03. The number of unbranched alkanes of at least 4 members (excludes halogenated alkanes) is 4. The molecule has 0 atom stereocenters. The lowest BCUT2D eigenvalue weighted by atomic mass is 10.0. The molecule has 1 heterocycles. The summed E-state index contributed by atoms with van der Waals surface area (Å²) < 4.78 is 0. The molecule has 0 N–H and O–H groups in total. The molecule has 2 nitrogen and oxygen atoms in total. The van der Waals surface area contributed by atoms with Gasteiger partial charge in [-0.3, -0.25) is 0 Å². The molecule has 1 aromatic heterocycles. The molecule has 1 aromatic carbocycles. The Balaban J connectivity index is 2.00. The Morgan fingerprint density at radius 1 is 0.773 bits per heavy atom. The number of benzene rings is 1. The molecule has 0 unspecified atom stereocenters. The highest BCUT2D eigenvalue weighted by atomic mass is 14.9. The molecule has 0 aliphatic rings. The van der Waals surface area contributed by atoms with Gasteiger partial charge in [0.1, 0.15) is 0 Å². The van der Waals surface area contributed by atoms with Crippen LogP contribution < -0.4 is 0 Å². The molecule has 0 spiro atoms. The van der Waals surface area contributed by atoms with Crippen LogP contribution in [-0.4, -0.2) is 9.97 Å². The van der Waals surface area contributed by atoms with Gasteiger partial charge in [-0.15, -0.1) is 0 Å². The number of rotatable bonds is 9. The van der Waals surface area contributed by atoms with E-state index in [9.17, 15) is 0 Å². The molecule has 2 rings (SSSR count). The van der Waals surface area contributed by atoms with Crippen LogP contribution >= 0.6 is 0 Å². The number of aromatic nitrogens is 2. The van der Waals surface area contributed by atoms with Gasteiger partial charge in [0.15, 0.2) is 5.82 Å². The summed E-state index contributed by atoms with van der Waals surface area (Å²) in [6.45, 7) is 4.47. The van der Waals surface area contributed by atoms with Crippen LogP contribution in [0.2, 0.25) is 0 Å². The topological polar surface area (TPSA) is 25.8 Å². The van der Waals surface area contributed by atoms with Crippen molar-refractivity contribution in [3.8, 4) is 11.4 Å². The average molecular weight is 296 g/mol. The average Bonchev–Trinajstić information content (AvgIpc) is 2.56. The largest absolute Gasteiger partial charge is 0.236 e. The van der Waals surface area contributed by atoms with Crippen LogP contribution in [0.3, 0.4) is 0 Å². The summed E-state index contributed by atoms with van der Waals surface area (Å²) in [6, 6.07) is 8.67. The normalized spacial score (nSPS) is 10.8. The van der Waals surface area contributed by atoms with Crippen LogP contribution in [-0.2, 0) is 12.8 Å². The van der Waals surface area contributed by atoms with E-state index in [1.165, 1.54) is 49.7 Å². The third kappa shape index (κ3) is 5.25. The minimum absolute atomic E-state index is 0.844. The van der Waals surface area contributed by atoms with Crippen molar-refractivity contribution in [3.63, 3.8) is 0 Å². The van der Waals surface area contributed by atoms with Crippen LogP contribution in [0.5, 0.6) is 0 Å². The molecule has 0 aliphatic heterocycles. The van der Waals surface area contributed by atoms with Gasteiger partial charge in [-0.2, -0.15) is 0 Å². The molecule has 2 heteroatoms. The number of nitrogens with zero attached hydrogens (tertiary/aromatic N) is 2. The van der Waals surface area contributed by atoms with Crippen molar-refractivity contribution in [2.24, 2.45) is 0 Å². The molecule has 0 aliphatic carbocycles. The maximum atomic E-state index is 4.55. The van der Waals surface area contributed by atoms with Gasteiger partial charge in [0.2, 0.25) is 0 Å². The highest BCUT2D eigenvalue weighted by Crippen LogP contribution is 2.18. The van der Waals surface area contributed by atoms with E-state index >= 15 is 0 Å². The minimum Gasteiger partial charge on any atom is -0.236 e. The van der Waals surface area contributed by atoms with Gasteiger partial charge in [-0.1, -0.05) is 57.7 Å². The van der Waals surface area contributed by atoms with Crippen molar-refractivity contribution >= 4 is 0 Å². The Labute approximate surface area is 135 Å². The Morgan fingerprint density at radius 2 is 1.41 bits per heavy atom. The summed E-state index contributed by atoms with van der Waals surface area (Å²) in [5, 5.41) is 0. The molecule has 0 saturated carbocycles. The standard InChI is InChI=1S/C20H28N2/c1-3-5-7-10-17-12-9-13-19(14-17)20-21-15-18(16-22-20)11-8-6-4-2/h9,12-16H,3-8,10-11H2,1-2H3. The zero-order valence-electron chi connectivity index (χ0n) is 14.0. The second-order valence-corrected chi connectivity index (χ2v) is 6.03. The zero-order valence-corrected chi connectivity index (χ0v) is 14.0. The van der Waals surface area contributed by atoms with E-state index in [-0.39, 0.29) is 0 Å². The quantitative estimate of drug-likeness (QED) is 0.562. The van der Waals surface area contributed by atoms with E-state index < -0.39 is 0 Å². The van der Waals surface area contributed by atoms with Crippen LogP contribution in [0, 0.1) is 0 Å². The van der Waals surface area contributed by atoms with Crippen LogP contribution in [0.25, 0.3) is 11.4 Å². The Morgan fingerprint density at radius 3 is 2.05 bits per heavy atom. The summed E-state index contributed by atoms with van der Waals surface area (Å²) in [7, 11) is 0. The Hall–Kier alpha value is -1.70. The molecular weight excluding hydrogens is 268 g/mol. The zero-order chi connectivity index (χ0) is 15.6. The molecular formula is C20H28N2. The monoisotopic (exact) mass is 296 g/mol. The fraction of sp³-hybridized carbons (Fsp3) is 0.500. The van der Waals surface area contributed by atoms with Crippen molar-refractivity contribution in [1.29, 1.82) is 0 Å². The first-order chi connectivity index (χ1) is 10.8. The summed E-state index contributed by atoms with van der Waals surface area (Å²) >= 11 is 0. The number of hydrogen-bond acceptors (Lipinski definition) is 2. The number of aryl methyl sites for hydroxylation is 2. The molecule has 22 heavy (non-hydrogen) atoms. The van der Waals surface area contributed by atoms with Gasteiger partial charge in [0.05, 0.1) is 0 Å². The van der Waals surface area contributed by atoms with Gasteiger partial charge in [0.25, 0.3) is 0 Å². The first kappa shape index (κ1) is 16.7. The highest BCUT2D eigenvalue weighted by Gasteiger charge is 2.03. The van der Waals surface area contributed by atoms with Crippen LogP contribution in [0.4, 0.5) is 0 Å². The molecule has 0 bridgehead atoms. The van der Waals surface area contributed by atoms with E-state index in [0.29, 0.717) is 0 Å². The molecule has 0 radical (unpaired) electrons. The van der Waals surface area contributed by atoms with E-state index in [4.69, 9.17) is 0 Å². The summed E-state index contributed by atoms with van der Waals surface area (Å²) in [5.41, 5.74) is 3.77. The summed E-state index contributed by atoms with van der Waals surface area (Å²) in [6.07, 6.45) is 13.8. The molecule has 0 amide bonds. The van der Waals surface area contributed by atoms with Crippen molar-refractivity contribution in [3.05, 3.63) is 47.8 Å². The van der Waals surface area contributed by atoms with E-state index in [1.54, 1.807) is 0 Å². The second kappa shape index (κ2) is 9.34. The van der Waals surface area contributed by atoms with E-state index in [2.05, 4.69) is 48.1 Å². The van der Waals surface area contributed by atoms with Gasteiger partial charge in [-0.05, 0) is 42.9 Å². The Bertz CT molecular complexity index is 546. The predicted molar refractivity (Wildman–Crippen MR) is 93.9 cm³/mol. The highest BCUT2D eigenvalue weighted by molar-refractivity contribution is 5.55. The lowest BCUT2D eigenvalue weighted by Gasteiger charge is -2.05. The van der Waals surface area contributed by atoms with Crippen LogP contribution in [0.15, 0.2) is 36.7 Å². The first-order valence-electron chi connectivity index (χ1n) is 8.73. The summed E-state index contributed by atoms with van der Waals surface area (Å²) in [4.78, 5) is 9.11. The third-order valence-corrected chi connectivity index (χ3v) is 4.03. The maximum absolute atomic E-state index is 4.55. The molecule has 0 saturated heterocycles. The van der Waals surface area contributed by atoms with Crippen molar-refractivity contribution in [1.82, 2.24) is 9.97 Å². The van der Waals surface area contributed by atoms with Gasteiger partial charge in [-0.25, -0.2) is 9.97 Å². The fourth-order valence-corrected chi connectivity index (χ4v) is 2.66. The maximum Gasteiger partial charge on any atom is 0.159 e. The van der Waals surface area contributed by atoms with Crippen molar-refractivity contribution in [2.45, 2.75) is 65.2 Å². The fourth-order valence-electron chi connectivity index (χ4n) is 2.66. The van der Waals surface area contributed by atoms with Gasteiger partial charge < -0.3 is 0 Å². The minimum atomic E-state index is 0.844. The lowest BCUT2D eigenvalue weighted by molar-refractivity contribution is 0.714. The summed E-state index contributed by atoms with van der Waals surface area (Å²) in [5.74, 6) is 0.844. The van der Waals surface area contributed by atoms with Gasteiger partial charge in [0, 0.05) is 18.0 Å². The van der Waals surface area contributed by atoms with Crippen molar-refractivity contribution in [2.75, 3.05) is 0 Å². The van der Waals surface area contributed by atoms with E-state index in [0.717, 1.165) is 24.2 Å². The molecule has 2 aromatic rings. The third-order valence-electron chi connectivity index (χ3n) is 4.03. The first-order valence-corrected chi connectivity index (χ1v) is 8.73. The number of hydrogen-bond donors (Lipinski definition) is 0. The van der Waals surface area contributed by atoms with Gasteiger partial charge >= 0.3 is 0 Å². The Kier molecular flexibility index (Phi) is 7.08. The lowest BCUT2D eigenvalue weighted by Crippen LogP contribution is -1.94. The van der Waals surface area contributed by atoms with E-state index in [1.807, 2.05) is 12.4 Å².